The van der Waals surface area contributed by atoms with Crippen LogP contribution in [0.3, 0.4) is 0 Å². The van der Waals surface area contributed by atoms with E-state index in [0.29, 0.717) is 13.0 Å². The largest absolute Gasteiger partial charge is 0.392 e. The normalized spacial score (nSPS) is 17.4. The summed E-state index contributed by atoms with van der Waals surface area (Å²) in [7, 11) is 0. The zero-order chi connectivity index (χ0) is 16.2. The van der Waals surface area contributed by atoms with Crippen LogP contribution in [0.25, 0.3) is 10.8 Å². The molecule has 1 heterocycles. The van der Waals surface area contributed by atoms with Gasteiger partial charge in [0.2, 0.25) is 5.91 Å². The highest BCUT2D eigenvalue weighted by atomic mass is 16.3. The summed E-state index contributed by atoms with van der Waals surface area (Å²) in [6.45, 7) is 5.66. The number of amides is 1. The molecular weight excluding hydrogens is 288 g/mol. The van der Waals surface area contributed by atoms with Crippen molar-refractivity contribution in [3.8, 4) is 0 Å². The summed E-state index contributed by atoms with van der Waals surface area (Å²) >= 11 is 0. The zero-order valence-electron chi connectivity index (χ0n) is 13.6. The molecule has 1 N–H and O–H groups in total. The summed E-state index contributed by atoms with van der Waals surface area (Å²) in [4.78, 5) is 16.8. The van der Waals surface area contributed by atoms with Crippen LogP contribution >= 0.6 is 0 Å². The lowest BCUT2D eigenvalue weighted by Crippen LogP contribution is -2.50. The van der Waals surface area contributed by atoms with Crippen LogP contribution in [0, 0.1) is 0 Å². The standard InChI is InChI=1S/C19H24N2O2/c1-15(22)14-20-9-11-21(12-10-20)19(23)13-17-7-4-6-16-5-2-3-8-18(16)17/h2-8,15,22H,9-14H2,1H3/t15-/m1/s1. The lowest BCUT2D eigenvalue weighted by Gasteiger charge is -2.35. The van der Waals surface area contributed by atoms with Gasteiger partial charge in [0.25, 0.3) is 0 Å². The lowest BCUT2D eigenvalue weighted by molar-refractivity contribution is -0.132. The molecule has 1 aliphatic heterocycles. The third-order valence-corrected chi connectivity index (χ3v) is 4.47. The van der Waals surface area contributed by atoms with Gasteiger partial charge in [0.05, 0.1) is 12.5 Å². The topological polar surface area (TPSA) is 43.8 Å². The molecule has 0 unspecified atom stereocenters. The monoisotopic (exact) mass is 312 g/mol. The Hall–Kier alpha value is -1.91. The molecule has 0 spiro atoms. The molecule has 1 amide bonds. The molecule has 3 rings (SSSR count). The van der Waals surface area contributed by atoms with Crippen molar-refractivity contribution >= 4 is 16.7 Å². The van der Waals surface area contributed by atoms with E-state index in [1.54, 1.807) is 6.92 Å². The number of β-amino-alcohol motifs (C(OH)–C–C–N with tert-alkyl or cyclic N) is 1. The Morgan fingerprint density at radius 2 is 1.78 bits per heavy atom. The van der Waals surface area contributed by atoms with Gasteiger partial charge in [0.15, 0.2) is 0 Å². The van der Waals surface area contributed by atoms with Crippen molar-refractivity contribution in [3.63, 3.8) is 0 Å². The number of benzene rings is 2. The van der Waals surface area contributed by atoms with E-state index in [0.717, 1.165) is 37.1 Å². The number of rotatable bonds is 4. The van der Waals surface area contributed by atoms with Crippen molar-refractivity contribution in [2.75, 3.05) is 32.7 Å². The van der Waals surface area contributed by atoms with Crippen LogP contribution in [0.1, 0.15) is 12.5 Å². The van der Waals surface area contributed by atoms with E-state index in [2.05, 4.69) is 23.1 Å². The third kappa shape index (κ3) is 3.89. The highest BCUT2D eigenvalue weighted by Crippen LogP contribution is 2.19. The second kappa shape index (κ2) is 7.11. The first kappa shape index (κ1) is 16.0. The van der Waals surface area contributed by atoms with Crippen molar-refractivity contribution in [1.29, 1.82) is 0 Å². The van der Waals surface area contributed by atoms with Crippen molar-refractivity contribution in [2.24, 2.45) is 0 Å². The molecule has 0 bridgehead atoms. The number of aliphatic hydroxyl groups is 1. The first-order valence-electron chi connectivity index (χ1n) is 8.28. The number of hydrogen-bond donors (Lipinski definition) is 1. The quantitative estimate of drug-likeness (QED) is 0.938. The van der Waals surface area contributed by atoms with Crippen LogP contribution in [-0.2, 0) is 11.2 Å². The molecule has 122 valence electrons. The average Bonchev–Trinajstić information content (AvgIpc) is 2.55. The van der Waals surface area contributed by atoms with Crippen molar-refractivity contribution in [1.82, 2.24) is 9.80 Å². The van der Waals surface area contributed by atoms with Crippen LogP contribution in [-0.4, -0.2) is 59.6 Å². The molecule has 2 aromatic carbocycles. The average molecular weight is 312 g/mol. The number of nitrogens with zero attached hydrogens (tertiary/aromatic N) is 2. The van der Waals surface area contributed by atoms with Crippen LogP contribution in [0.15, 0.2) is 42.5 Å². The maximum atomic E-state index is 12.6. The molecule has 0 radical (unpaired) electrons. The van der Waals surface area contributed by atoms with Gasteiger partial charge in [-0.2, -0.15) is 0 Å². The Morgan fingerprint density at radius 1 is 1.09 bits per heavy atom. The number of aliphatic hydroxyl groups excluding tert-OH is 1. The Labute approximate surface area is 137 Å². The molecule has 4 nitrogen and oxygen atoms in total. The first-order valence-corrected chi connectivity index (χ1v) is 8.28. The second-order valence-corrected chi connectivity index (χ2v) is 6.35. The fraction of sp³-hybridized carbons (Fsp3) is 0.421. The van der Waals surface area contributed by atoms with Gasteiger partial charge in [-0.3, -0.25) is 9.69 Å². The maximum absolute atomic E-state index is 12.6. The number of piperazine rings is 1. The predicted molar refractivity (Wildman–Crippen MR) is 92.4 cm³/mol. The molecule has 1 saturated heterocycles. The lowest BCUT2D eigenvalue weighted by atomic mass is 10.0. The summed E-state index contributed by atoms with van der Waals surface area (Å²) in [5.74, 6) is 0.193. The minimum atomic E-state index is -0.312. The van der Waals surface area contributed by atoms with Gasteiger partial charge >= 0.3 is 0 Å². The van der Waals surface area contributed by atoms with Gasteiger partial charge in [-0.25, -0.2) is 0 Å². The number of carbonyl (C=O) groups is 1. The Morgan fingerprint density at radius 3 is 2.52 bits per heavy atom. The van der Waals surface area contributed by atoms with Gasteiger partial charge in [0, 0.05) is 32.7 Å². The summed E-state index contributed by atoms with van der Waals surface area (Å²) in [6, 6.07) is 14.4. The molecular formula is C19H24N2O2. The fourth-order valence-electron chi connectivity index (χ4n) is 3.27. The van der Waals surface area contributed by atoms with E-state index in [-0.39, 0.29) is 12.0 Å². The molecule has 4 heteroatoms. The zero-order valence-corrected chi connectivity index (χ0v) is 13.6. The van der Waals surface area contributed by atoms with Gasteiger partial charge in [0.1, 0.15) is 0 Å². The summed E-state index contributed by atoms with van der Waals surface area (Å²) in [5.41, 5.74) is 1.10. The van der Waals surface area contributed by atoms with Gasteiger partial charge < -0.3 is 10.0 Å². The van der Waals surface area contributed by atoms with Crippen LogP contribution in [0.4, 0.5) is 0 Å². The molecule has 0 aliphatic carbocycles. The Kier molecular flexibility index (Phi) is 4.94. The molecule has 1 fully saturated rings. The fourth-order valence-corrected chi connectivity index (χ4v) is 3.27. The minimum absolute atomic E-state index is 0.193. The predicted octanol–water partition coefficient (Wildman–Crippen LogP) is 1.91. The highest BCUT2D eigenvalue weighted by molar-refractivity contribution is 5.90. The van der Waals surface area contributed by atoms with Crippen LogP contribution < -0.4 is 0 Å². The van der Waals surface area contributed by atoms with Crippen molar-refractivity contribution in [2.45, 2.75) is 19.4 Å². The Balaban J connectivity index is 1.63. The van der Waals surface area contributed by atoms with Gasteiger partial charge in [-0.05, 0) is 23.3 Å². The SMILES string of the molecule is C[C@@H](O)CN1CCN(C(=O)Cc2cccc3ccccc23)CC1. The van der Waals surface area contributed by atoms with E-state index >= 15 is 0 Å². The maximum Gasteiger partial charge on any atom is 0.227 e. The third-order valence-electron chi connectivity index (χ3n) is 4.47. The summed E-state index contributed by atoms with van der Waals surface area (Å²) in [5, 5.41) is 11.8. The number of hydrogen-bond acceptors (Lipinski definition) is 3. The molecule has 1 aliphatic rings. The van der Waals surface area contributed by atoms with Crippen molar-refractivity contribution in [3.05, 3.63) is 48.0 Å². The Bertz CT molecular complexity index is 671. The van der Waals surface area contributed by atoms with E-state index in [1.807, 2.05) is 29.2 Å². The van der Waals surface area contributed by atoms with Crippen molar-refractivity contribution < 1.29 is 9.90 Å². The molecule has 0 saturated carbocycles. The van der Waals surface area contributed by atoms with E-state index in [4.69, 9.17) is 0 Å². The summed E-state index contributed by atoms with van der Waals surface area (Å²) in [6.07, 6.45) is 0.144. The van der Waals surface area contributed by atoms with Gasteiger partial charge in [-0.15, -0.1) is 0 Å². The van der Waals surface area contributed by atoms with Crippen LogP contribution in [0.5, 0.6) is 0 Å². The second-order valence-electron chi connectivity index (χ2n) is 6.35. The number of carbonyl (C=O) groups excluding carboxylic acids is 1. The van der Waals surface area contributed by atoms with E-state index < -0.39 is 0 Å². The summed E-state index contributed by atoms with van der Waals surface area (Å²) < 4.78 is 0. The number of fused-ring (bicyclic) bond motifs is 1. The smallest absolute Gasteiger partial charge is 0.227 e. The molecule has 23 heavy (non-hydrogen) atoms. The molecule has 2 aromatic rings. The molecule has 0 aromatic heterocycles. The minimum Gasteiger partial charge on any atom is -0.392 e. The van der Waals surface area contributed by atoms with Gasteiger partial charge in [-0.1, -0.05) is 42.5 Å². The highest BCUT2D eigenvalue weighted by Gasteiger charge is 2.22. The first-order chi connectivity index (χ1) is 11.1. The van der Waals surface area contributed by atoms with E-state index in [9.17, 15) is 9.90 Å². The molecule has 1 atom stereocenters. The van der Waals surface area contributed by atoms with Crippen LogP contribution in [0.2, 0.25) is 0 Å². The van der Waals surface area contributed by atoms with E-state index in [1.165, 1.54) is 5.39 Å².